The Labute approximate surface area is 119 Å². The molecule has 1 aliphatic carbocycles. The topological polar surface area (TPSA) is 32.3 Å². The Morgan fingerprint density at radius 2 is 2.00 bits per heavy atom. The molecule has 0 aromatic heterocycles. The van der Waals surface area contributed by atoms with Crippen molar-refractivity contribution in [1.29, 1.82) is 0 Å². The van der Waals surface area contributed by atoms with Crippen LogP contribution in [0.25, 0.3) is 0 Å². The smallest absolute Gasteiger partial charge is 0.228 e. The summed E-state index contributed by atoms with van der Waals surface area (Å²) in [5, 5.41) is 3.44. The number of hydrogen-bond acceptors (Lipinski definition) is 2. The van der Waals surface area contributed by atoms with Crippen LogP contribution in [0.1, 0.15) is 38.3 Å². The van der Waals surface area contributed by atoms with Crippen LogP contribution in [0.4, 0.5) is 4.39 Å². The molecule has 0 spiro atoms. The molecule has 1 aliphatic heterocycles. The summed E-state index contributed by atoms with van der Waals surface area (Å²) in [4.78, 5) is 14.6. The summed E-state index contributed by atoms with van der Waals surface area (Å²) < 4.78 is 13.0. The standard InChI is InChI=1S/C16H21FN2O/c1-11-9-18-14(12-3-5-13(17)6-4-12)10-19(11)15(20)16(2)7-8-16/h3-6,11,14,18H,7-10H2,1-2H3/t11-,14-/m1/s1. The molecule has 1 amide bonds. The third kappa shape index (κ3) is 2.44. The quantitative estimate of drug-likeness (QED) is 0.900. The van der Waals surface area contributed by atoms with E-state index in [1.54, 1.807) is 12.1 Å². The zero-order valence-corrected chi connectivity index (χ0v) is 12.0. The van der Waals surface area contributed by atoms with Crippen molar-refractivity contribution < 1.29 is 9.18 Å². The van der Waals surface area contributed by atoms with E-state index >= 15 is 0 Å². The second kappa shape index (κ2) is 4.85. The Morgan fingerprint density at radius 1 is 1.35 bits per heavy atom. The number of rotatable bonds is 2. The fraction of sp³-hybridized carbons (Fsp3) is 0.562. The summed E-state index contributed by atoms with van der Waals surface area (Å²) in [5.74, 6) is 0.0509. The second-order valence-electron chi connectivity index (χ2n) is 6.38. The van der Waals surface area contributed by atoms with Crippen molar-refractivity contribution in [2.75, 3.05) is 13.1 Å². The van der Waals surface area contributed by atoms with Crippen LogP contribution >= 0.6 is 0 Å². The van der Waals surface area contributed by atoms with Crippen molar-refractivity contribution in [3.63, 3.8) is 0 Å². The van der Waals surface area contributed by atoms with Gasteiger partial charge in [0.1, 0.15) is 5.82 Å². The van der Waals surface area contributed by atoms with Gasteiger partial charge in [-0.05, 0) is 37.5 Å². The minimum absolute atomic E-state index is 0.0955. The molecule has 108 valence electrons. The minimum atomic E-state index is -0.226. The lowest BCUT2D eigenvalue weighted by atomic mass is 9.99. The Bertz CT molecular complexity index is 510. The molecule has 0 unspecified atom stereocenters. The molecular formula is C16H21FN2O. The Balaban J connectivity index is 1.75. The number of hydrogen-bond donors (Lipinski definition) is 1. The average Bonchev–Trinajstić information content (AvgIpc) is 3.19. The lowest BCUT2D eigenvalue weighted by molar-refractivity contribution is -0.140. The highest BCUT2D eigenvalue weighted by molar-refractivity contribution is 5.85. The van der Waals surface area contributed by atoms with Gasteiger partial charge in [0.15, 0.2) is 0 Å². The van der Waals surface area contributed by atoms with Gasteiger partial charge in [0, 0.05) is 30.6 Å². The maximum absolute atomic E-state index is 13.0. The number of carbonyl (C=O) groups is 1. The van der Waals surface area contributed by atoms with E-state index in [2.05, 4.69) is 19.2 Å². The van der Waals surface area contributed by atoms with Crippen LogP contribution in [0.5, 0.6) is 0 Å². The molecule has 1 aromatic rings. The summed E-state index contributed by atoms with van der Waals surface area (Å²) in [6.45, 7) is 5.58. The fourth-order valence-electron chi connectivity index (χ4n) is 2.81. The molecule has 1 aromatic carbocycles. The van der Waals surface area contributed by atoms with E-state index in [4.69, 9.17) is 0 Å². The van der Waals surface area contributed by atoms with Crippen molar-refractivity contribution in [3.8, 4) is 0 Å². The summed E-state index contributed by atoms with van der Waals surface area (Å²) >= 11 is 0. The number of carbonyl (C=O) groups excluding carboxylic acids is 1. The van der Waals surface area contributed by atoms with Gasteiger partial charge in [-0.15, -0.1) is 0 Å². The molecule has 1 saturated carbocycles. The van der Waals surface area contributed by atoms with Crippen molar-refractivity contribution >= 4 is 5.91 Å². The number of halogens is 1. The predicted octanol–water partition coefficient (Wildman–Crippen LogP) is 2.49. The summed E-state index contributed by atoms with van der Waals surface area (Å²) in [6.07, 6.45) is 2.01. The van der Waals surface area contributed by atoms with Gasteiger partial charge in [-0.3, -0.25) is 4.79 Å². The molecule has 0 radical (unpaired) electrons. The van der Waals surface area contributed by atoms with Gasteiger partial charge in [-0.25, -0.2) is 4.39 Å². The molecule has 1 saturated heterocycles. The van der Waals surface area contributed by atoms with Gasteiger partial charge in [-0.1, -0.05) is 19.1 Å². The zero-order chi connectivity index (χ0) is 14.3. The molecule has 2 aliphatic rings. The van der Waals surface area contributed by atoms with Crippen LogP contribution < -0.4 is 5.32 Å². The molecule has 2 atom stereocenters. The first-order valence-corrected chi connectivity index (χ1v) is 7.29. The lowest BCUT2D eigenvalue weighted by Crippen LogP contribution is -2.55. The SMILES string of the molecule is C[C@@H]1CN[C@@H](c2ccc(F)cc2)CN1C(=O)C1(C)CC1. The molecule has 3 rings (SSSR count). The minimum Gasteiger partial charge on any atom is -0.336 e. The maximum Gasteiger partial charge on any atom is 0.228 e. The number of benzene rings is 1. The van der Waals surface area contributed by atoms with Crippen molar-refractivity contribution in [2.24, 2.45) is 5.41 Å². The first-order chi connectivity index (χ1) is 9.49. The summed E-state index contributed by atoms with van der Waals surface area (Å²) in [7, 11) is 0. The zero-order valence-electron chi connectivity index (χ0n) is 12.0. The highest BCUT2D eigenvalue weighted by Crippen LogP contribution is 2.47. The van der Waals surface area contributed by atoms with Gasteiger partial charge in [0.2, 0.25) is 5.91 Å². The number of piperazine rings is 1. The first kappa shape index (κ1) is 13.6. The molecular weight excluding hydrogens is 255 g/mol. The van der Waals surface area contributed by atoms with E-state index < -0.39 is 0 Å². The van der Waals surface area contributed by atoms with Crippen LogP contribution in [-0.4, -0.2) is 29.9 Å². The average molecular weight is 276 g/mol. The van der Waals surface area contributed by atoms with Crippen LogP contribution in [0.15, 0.2) is 24.3 Å². The van der Waals surface area contributed by atoms with Gasteiger partial charge < -0.3 is 10.2 Å². The summed E-state index contributed by atoms with van der Waals surface area (Å²) in [5.41, 5.74) is 0.913. The largest absolute Gasteiger partial charge is 0.336 e. The fourth-order valence-corrected chi connectivity index (χ4v) is 2.81. The number of amides is 1. The molecule has 0 bridgehead atoms. The highest BCUT2D eigenvalue weighted by Gasteiger charge is 2.48. The van der Waals surface area contributed by atoms with Gasteiger partial charge in [-0.2, -0.15) is 0 Å². The van der Waals surface area contributed by atoms with E-state index in [-0.39, 0.29) is 29.2 Å². The van der Waals surface area contributed by atoms with E-state index in [0.29, 0.717) is 6.54 Å². The Morgan fingerprint density at radius 3 is 2.60 bits per heavy atom. The summed E-state index contributed by atoms with van der Waals surface area (Å²) in [6, 6.07) is 6.86. The van der Waals surface area contributed by atoms with Crippen LogP contribution in [-0.2, 0) is 4.79 Å². The molecule has 1 N–H and O–H groups in total. The van der Waals surface area contributed by atoms with Gasteiger partial charge in [0.25, 0.3) is 0 Å². The van der Waals surface area contributed by atoms with Crippen LogP contribution in [0, 0.1) is 11.2 Å². The van der Waals surface area contributed by atoms with Crippen molar-refractivity contribution in [3.05, 3.63) is 35.6 Å². The predicted molar refractivity (Wildman–Crippen MR) is 75.7 cm³/mol. The molecule has 2 fully saturated rings. The first-order valence-electron chi connectivity index (χ1n) is 7.29. The monoisotopic (exact) mass is 276 g/mol. The third-order valence-electron chi connectivity index (χ3n) is 4.62. The van der Waals surface area contributed by atoms with E-state index in [0.717, 1.165) is 24.9 Å². The molecule has 4 heteroatoms. The normalized spacial score (nSPS) is 28.2. The second-order valence-corrected chi connectivity index (χ2v) is 6.38. The molecule has 1 heterocycles. The molecule has 3 nitrogen and oxygen atoms in total. The maximum atomic E-state index is 13.0. The van der Waals surface area contributed by atoms with E-state index in [9.17, 15) is 9.18 Å². The third-order valence-corrected chi connectivity index (χ3v) is 4.62. The Kier molecular flexibility index (Phi) is 3.28. The van der Waals surface area contributed by atoms with Crippen molar-refractivity contribution in [2.45, 2.75) is 38.8 Å². The Hall–Kier alpha value is -1.42. The van der Waals surface area contributed by atoms with Crippen LogP contribution in [0.3, 0.4) is 0 Å². The van der Waals surface area contributed by atoms with E-state index in [1.807, 2.05) is 4.90 Å². The highest BCUT2D eigenvalue weighted by atomic mass is 19.1. The van der Waals surface area contributed by atoms with E-state index in [1.165, 1.54) is 12.1 Å². The number of nitrogens with one attached hydrogen (secondary N) is 1. The van der Waals surface area contributed by atoms with Gasteiger partial charge in [0.05, 0.1) is 0 Å². The molecule has 20 heavy (non-hydrogen) atoms. The van der Waals surface area contributed by atoms with Crippen molar-refractivity contribution in [1.82, 2.24) is 10.2 Å². The number of nitrogens with zero attached hydrogens (tertiary/aromatic N) is 1. The lowest BCUT2D eigenvalue weighted by Gasteiger charge is -2.40. The van der Waals surface area contributed by atoms with Crippen LogP contribution in [0.2, 0.25) is 0 Å². The van der Waals surface area contributed by atoms with Gasteiger partial charge >= 0.3 is 0 Å².